The molecule has 2 N–H and O–H groups in total. The van der Waals surface area contributed by atoms with Crippen LogP contribution >= 0.6 is 0 Å². The van der Waals surface area contributed by atoms with Crippen molar-refractivity contribution in [2.45, 2.75) is 44.3 Å². The third kappa shape index (κ3) is 4.80. The van der Waals surface area contributed by atoms with Crippen LogP contribution in [0.4, 0.5) is 23.7 Å². The third-order valence-electron chi connectivity index (χ3n) is 5.23. The fraction of sp³-hybridized carbons (Fsp3) is 0.526. The summed E-state index contributed by atoms with van der Waals surface area (Å²) in [6.07, 6.45) is -1.88. The van der Waals surface area contributed by atoms with Crippen LogP contribution < -0.4 is 15.4 Å². The van der Waals surface area contributed by atoms with E-state index in [0.717, 1.165) is 17.7 Å². The Hall–Kier alpha value is -2.78. The first-order valence-electron chi connectivity index (χ1n) is 9.32. The first-order chi connectivity index (χ1) is 13.6. The highest BCUT2D eigenvalue weighted by Crippen LogP contribution is 2.36. The zero-order valence-corrected chi connectivity index (χ0v) is 15.8. The Kier molecular flexibility index (Phi) is 5.72. The molecule has 29 heavy (non-hydrogen) atoms. The summed E-state index contributed by atoms with van der Waals surface area (Å²) < 4.78 is 41.9. The minimum absolute atomic E-state index is 0.0232. The van der Waals surface area contributed by atoms with Crippen molar-refractivity contribution in [3.8, 4) is 5.75 Å². The van der Waals surface area contributed by atoms with Crippen LogP contribution in [-0.2, 0) is 9.59 Å². The summed E-state index contributed by atoms with van der Waals surface area (Å²) in [5.41, 5.74) is -0.938. The maximum absolute atomic E-state index is 12.8. The maximum Gasteiger partial charge on any atom is 0.422 e. The van der Waals surface area contributed by atoms with Crippen molar-refractivity contribution in [3.63, 3.8) is 0 Å². The number of hydrogen-bond donors (Lipinski definition) is 2. The van der Waals surface area contributed by atoms with Crippen molar-refractivity contribution in [2.24, 2.45) is 5.92 Å². The minimum Gasteiger partial charge on any atom is -0.482 e. The zero-order chi connectivity index (χ0) is 21.2. The van der Waals surface area contributed by atoms with Gasteiger partial charge in [-0.25, -0.2) is 4.79 Å². The van der Waals surface area contributed by atoms with Crippen LogP contribution in [-0.4, -0.2) is 47.6 Å². The van der Waals surface area contributed by atoms with E-state index in [-0.39, 0.29) is 11.4 Å². The van der Waals surface area contributed by atoms with Crippen molar-refractivity contribution in [1.82, 2.24) is 10.2 Å². The molecule has 7 nitrogen and oxygen atoms in total. The summed E-state index contributed by atoms with van der Waals surface area (Å²) in [4.78, 5) is 38.3. The average molecular weight is 413 g/mol. The summed E-state index contributed by atoms with van der Waals surface area (Å²) in [5.74, 6) is -0.840. The molecule has 2 fully saturated rings. The quantitative estimate of drug-likeness (QED) is 0.727. The van der Waals surface area contributed by atoms with Crippen LogP contribution in [0.5, 0.6) is 5.75 Å². The fourth-order valence-electron chi connectivity index (χ4n) is 3.60. The van der Waals surface area contributed by atoms with Gasteiger partial charge in [0.2, 0.25) is 5.91 Å². The van der Waals surface area contributed by atoms with E-state index in [4.69, 9.17) is 4.74 Å². The average Bonchev–Trinajstić information content (AvgIpc) is 2.87. The Morgan fingerprint density at radius 2 is 1.93 bits per heavy atom. The van der Waals surface area contributed by atoms with E-state index in [9.17, 15) is 27.6 Å². The van der Waals surface area contributed by atoms with E-state index in [2.05, 4.69) is 17.6 Å². The van der Waals surface area contributed by atoms with Gasteiger partial charge in [-0.05, 0) is 43.7 Å². The van der Waals surface area contributed by atoms with Gasteiger partial charge in [-0.3, -0.25) is 14.5 Å². The SMILES string of the molecule is CC1CCC2(CC1)NC(=O)N(CC(=O)Nc1ccccc1OCC(F)(F)F)C2=O. The molecule has 0 unspecified atom stereocenters. The molecule has 2 aliphatic rings. The molecule has 3 rings (SSSR count). The molecule has 10 heteroatoms. The lowest BCUT2D eigenvalue weighted by atomic mass is 9.77. The largest absolute Gasteiger partial charge is 0.482 e. The number of halogens is 3. The van der Waals surface area contributed by atoms with Gasteiger partial charge in [-0.1, -0.05) is 19.1 Å². The molecule has 1 aliphatic heterocycles. The number of carbonyl (C=O) groups is 3. The van der Waals surface area contributed by atoms with Gasteiger partial charge in [-0.15, -0.1) is 0 Å². The second-order valence-corrected chi connectivity index (χ2v) is 7.53. The highest BCUT2D eigenvalue weighted by Gasteiger charge is 2.52. The van der Waals surface area contributed by atoms with Gasteiger partial charge in [0.1, 0.15) is 17.8 Å². The monoisotopic (exact) mass is 413 g/mol. The lowest BCUT2D eigenvalue weighted by Gasteiger charge is -2.33. The molecule has 0 radical (unpaired) electrons. The summed E-state index contributed by atoms with van der Waals surface area (Å²) in [5, 5.41) is 5.12. The van der Waals surface area contributed by atoms with Crippen LogP contribution in [0.25, 0.3) is 0 Å². The van der Waals surface area contributed by atoms with E-state index in [1.807, 2.05) is 0 Å². The maximum atomic E-state index is 12.8. The molecule has 4 amide bonds. The number of nitrogens with one attached hydrogen (secondary N) is 2. The third-order valence-corrected chi connectivity index (χ3v) is 5.23. The van der Waals surface area contributed by atoms with Crippen LogP contribution in [0, 0.1) is 5.92 Å². The van der Waals surface area contributed by atoms with Gasteiger partial charge in [0.05, 0.1) is 5.69 Å². The van der Waals surface area contributed by atoms with E-state index < -0.39 is 42.7 Å². The number of amides is 4. The summed E-state index contributed by atoms with van der Waals surface area (Å²) in [7, 11) is 0. The molecule has 0 aromatic heterocycles. The van der Waals surface area contributed by atoms with Crippen LogP contribution in [0.3, 0.4) is 0 Å². The van der Waals surface area contributed by atoms with Crippen LogP contribution in [0.2, 0.25) is 0 Å². The number of para-hydroxylation sites is 2. The van der Waals surface area contributed by atoms with Gasteiger partial charge in [0, 0.05) is 0 Å². The van der Waals surface area contributed by atoms with Crippen LogP contribution in [0.1, 0.15) is 32.6 Å². The Morgan fingerprint density at radius 3 is 2.59 bits per heavy atom. The highest BCUT2D eigenvalue weighted by atomic mass is 19.4. The van der Waals surface area contributed by atoms with Gasteiger partial charge in [0.25, 0.3) is 5.91 Å². The topological polar surface area (TPSA) is 87.7 Å². The number of hydrogen-bond acceptors (Lipinski definition) is 4. The molecule has 0 bridgehead atoms. The van der Waals surface area contributed by atoms with Gasteiger partial charge in [0.15, 0.2) is 6.61 Å². The molecule has 1 saturated carbocycles. The predicted molar refractivity (Wildman–Crippen MR) is 97.2 cm³/mol. The Morgan fingerprint density at radius 1 is 1.28 bits per heavy atom. The Balaban J connectivity index is 1.64. The summed E-state index contributed by atoms with van der Waals surface area (Å²) in [6, 6.07) is 5.00. The molecular weight excluding hydrogens is 391 g/mol. The Bertz CT molecular complexity index is 804. The molecule has 1 saturated heterocycles. The number of ether oxygens (including phenoxy) is 1. The summed E-state index contributed by atoms with van der Waals surface area (Å²) in [6.45, 7) is 0.0427. The molecular formula is C19H22F3N3O4. The molecule has 0 atom stereocenters. The minimum atomic E-state index is -4.52. The number of imide groups is 1. The number of carbonyl (C=O) groups excluding carboxylic acids is 3. The van der Waals surface area contributed by atoms with Crippen molar-refractivity contribution in [3.05, 3.63) is 24.3 Å². The first kappa shape index (κ1) is 20.9. The van der Waals surface area contributed by atoms with Gasteiger partial charge < -0.3 is 15.4 Å². The number of anilines is 1. The van der Waals surface area contributed by atoms with E-state index in [0.29, 0.717) is 18.8 Å². The number of benzene rings is 1. The second kappa shape index (κ2) is 7.92. The fourth-order valence-corrected chi connectivity index (χ4v) is 3.60. The lowest BCUT2D eigenvalue weighted by Crippen LogP contribution is -2.49. The molecule has 1 aliphatic carbocycles. The van der Waals surface area contributed by atoms with Crippen molar-refractivity contribution >= 4 is 23.5 Å². The van der Waals surface area contributed by atoms with Crippen LogP contribution in [0.15, 0.2) is 24.3 Å². The zero-order valence-electron chi connectivity index (χ0n) is 15.8. The van der Waals surface area contributed by atoms with E-state index in [1.165, 1.54) is 24.3 Å². The van der Waals surface area contributed by atoms with Gasteiger partial charge >= 0.3 is 12.2 Å². The van der Waals surface area contributed by atoms with Crippen molar-refractivity contribution in [2.75, 3.05) is 18.5 Å². The standard InChI is InChI=1S/C19H22F3N3O4/c1-12-6-8-18(9-7-12)16(27)25(17(28)24-18)10-15(26)23-13-4-2-3-5-14(13)29-11-19(20,21)22/h2-5,12H,6-11H2,1H3,(H,23,26)(H,24,28). The Labute approximate surface area is 165 Å². The normalized spacial score (nSPS) is 24.6. The molecule has 1 spiro atoms. The molecule has 1 aromatic carbocycles. The van der Waals surface area contributed by atoms with E-state index >= 15 is 0 Å². The predicted octanol–water partition coefficient (Wildman–Crippen LogP) is 3.07. The number of urea groups is 1. The second-order valence-electron chi connectivity index (χ2n) is 7.53. The highest BCUT2D eigenvalue weighted by molar-refractivity contribution is 6.10. The number of alkyl halides is 3. The van der Waals surface area contributed by atoms with Crippen molar-refractivity contribution in [1.29, 1.82) is 0 Å². The number of rotatable bonds is 5. The lowest BCUT2D eigenvalue weighted by molar-refractivity contribution is -0.153. The smallest absolute Gasteiger partial charge is 0.422 e. The molecule has 1 aromatic rings. The van der Waals surface area contributed by atoms with E-state index in [1.54, 1.807) is 0 Å². The molecule has 158 valence electrons. The van der Waals surface area contributed by atoms with Crippen molar-refractivity contribution < 1.29 is 32.3 Å². The molecule has 1 heterocycles. The number of nitrogens with zero attached hydrogens (tertiary/aromatic N) is 1. The first-order valence-corrected chi connectivity index (χ1v) is 9.32. The van der Waals surface area contributed by atoms with Gasteiger partial charge in [-0.2, -0.15) is 13.2 Å². The summed E-state index contributed by atoms with van der Waals surface area (Å²) >= 11 is 0.